The molecule has 0 spiro atoms. The Morgan fingerprint density at radius 3 is 2.50 bits per heavy atom. The molecule has 4 rings (SSSR count). The van der Waals surface area contributed by atoms with E-state index in [-0.39, 0.29) is 5.69 Å². The first-order chi connectivity index (χ1) is 14.4. The zero-order valence-electron chi connectivity index (χ0n) is 15.2. The van der Waals surface area contributed by atoms with E-state index in [4.69, 9.17) is 0 Å². The highest BCUT2D eigenvalue weighted by atomic mass is 32.2. The number of aromatic nitrogens is 4. The molecule has 10 heteroatoms. The largest absolute Gasteiger partial charge is 0.418 e. The fourth-order valence-corrected chi connectivity index (χ4v) is 3.94. The third-order valence-electron chi connectivity index (χ3n) is 4.25. The van der Waals surface area contributed by atoms with Gasteiger partial charge in [-0.3, -0.25) is 4.79 Å². The van der Waals surface area contributed by atoms with Crippen LogP contribution < -0.4 is 5.32 Å². The fraction of sp³-hybridized carbons (Fsp3) is 0.100. The molecule has 0 aliphatic heterocycles. The minimum absolute atomic E-state index is 0.300. The molecule has 2 aromatic carbocycles. The van der Waals surface area contributed by atoms with E-state index < -0.39 is 22.9 Å². The number of carbonyl (C=O) groups excluding carboxylic acids is 1. The number of aromatic amines is 1. The predicted octanol–water partition coefficient (Wildman–Crippen LogP) is 4.84. The maximum absolute atomic E-state index is 13.3. The van der Waals surface area contributed by atoms with Gasteiger partial charge in [0.05, 0.1) is 17.6 Å². The lowest BCUT2D eigenvalue weighted by Crippen LogP contribution is -2.21. The highest BCUT2D eigenvalue weighted by Gasteiger charge is 2.34. The van der Waals surface area contributed by atoms with Crippen molar-refractivity contribution in [2.24, 2.45) is 0 Å². The third kappa shape index (κ3) is 4.13. The molecule has 2 aromatic heterocycles. The second kappa shape index (κ2) is 8.15. The first kappa shape index (κ1) is 19.9. The minimum Gasteiger partial charge on any atom is -0.341 e. The van der Waals surface area contributed by atoms with Gasteiger partial charge in [-0.1, -0.05) is 54.2 Å². The van der Waals surface area contributed by atoms with Crippen molar-refractivity contribution in [2.75, 3.05) is 5.32 Å². The number of thioether (sulfide) groups is 1. The van der Waals surface area contributed by atoms with Crippen LogP contribution in [-0.4, -0.2) is 25.8 Å². The van der Waals surface area contributed by atoms with Gasteiger partial charge in [0.1, 0.15) is 22.1 Å². The second-order valence-electron chi connectivity index (χ2n) is 6.22. The number of amides is 1. The maximum Gasteiger partial charge on any atom is 0.418 e. The molecule has 0 radical (unpaired) electrons. The molecule has 1 unspecified atom stereocenters. The number of imidazole rings is 1. The number of H-pyrrole nitrogens is 1. The van der Waals surface area contributed by atoms with E-state index in [0.717, 1.165) is 17.8 Å². The molecule has 0 aliphatic rings. The number of alkyl halides is 3. The molecule has 0 saturated heterocycles. The summed E-state index contributed by atoms with van der Waals surface area (Å²) < 4.78 is 40.0. The normalized spacial score (nSPS) is 12.6. The Balaban J connectivity index is 1.69. The Hall–Kier alpha value is -3.40. The summed E-state index contributed by atoms with van der Waals surface area (Å²) in [6.07, 6.45) is -1.81. The molecule has 0 bridgehead atoms. The topological polar surface area (TPSA) is 83.6 Å². The summed E-state index contributed by atoms with van der Waals surface area (Å²) in [5, 5.41) is 2.04. The van der Waals surface area contributed by atoms with E-state index >= 15 is 0 Å². The second-order valence-corrected chi connectivity index (χ2v) is 7.31. The number of fused-ring (bicyclic) bond motifs is 1. The van der Waals surface area contributed by atoms with Gasteiger partial charge in [-0.15, -0.1) is 0 Å². The van der Waals surface area contributed by atoms with Crippen molar-refractivity contribution in [3.63, 3.8) is 0 Å². The molecule has 0 fully saturated rings. The first-order valence-electron chi connectivity index (χ1n) is 8.76. The molecule has 6 nitrogen and oxygen atoms in total. The number of carbonyl (C=O) groups is 1. The monoisotopic (exact) mass is 429 g/mol. The lowest BCUT2D eigenvalue weighted by atomic mass is 10.1. The van der Waals surface area contributed by atoms with Crippen LogP contribution in [0.15, 0.2) is 72.3 Å². The standard InChI is InChI=1S/C20H14F3N5OS/c21-20(22,23)13-8-4-5-9-14(13)28-18(29)16(12-6-2-1-3-7-12)30-19-15-17(25-10-24-15)26-11-27-19/h1-11,16H,(H,28,29)(H,24,25,26,27). The molecule has 30 heavy (non-hydrogen) atoms. The highest BCUT2D eigenvalue weighted by molar-refractivity contribution is 8.00. The summed E-state index contributed by atoms with van der Waals surface area (Å²) in [6, 6.07) is 13.6. The Labute approximate surface area is 173 Å². The lowest BCUT2D eigenvalue weighted by molar-refractivity contribution is -0.137. The zero-order chi connectivity index (χ0) is 21.1. The average molecular weight is 429 g/mol. The van der Waals surface area contributed by atoms with Gasteiger partial charge in [-0.2, -0.15) is 13.2 Å². The quantitative estimate of drug-likeness (QED) is 0.350. The van der Waals surface area contributed by atoms with Crippen LogP contribution in [0.2, 0.25) is 0 Å². The van der Waals surface area contributed by atoms with Crippen molar-refractivity contribution in [1.82, 2.24) is 19.9 Å². The van der Waals surface area contributed by atoms with Gasteiger partial charge in [-0.25, -0.2) is 15.0 Å². The number of hydrogen-bond acceptors (Lipinski definition) is 5. The van der Waals surface area contributed by atoms with Crippen molar-refractivity contribution >= 4 is 34.5 Å². The Kier molecular flexibility index (Phi) is 5.40. The van der Waals surface area contributed by atoms with Gasteiger partial charge in [0.2, 0.25) is 5.91 Å². The van der Waals surface area contributed by atoms with Crippen molar-refractivity contribution in [2.45, 2.75) is 16.5 Å². The van der Waals surface area contributed by atoms with Gasteiger partial charge >= 0.3 is 6.18 Å². The highest BCUT2D eigenvalue weighted by Crippen LogP contribution is 2.39. The van der Waals surface area contributed by atoms with Gasteiger partial charge in [0, 0.05) is 0 Å². The van der Waals surface area contributed by atoms with E-state index in [1.165, 1.54) is 30.9 Å². The SMILES string of the molecule is O=C(Nc1ccccc1C(F)(F)F)C(Sc1ncnc2nc[nH]c12)c1ccccc1. The van der Waals surface area contributed by atoms with Gasteiger partial charge in [0.15, 0.2) is 5.65 Å². The van der Waals surface area contributed by atoms with Crippen LogP contribution in [0.25, 0.3) is 11.2 Å². The number of para-hydroxylation sites is 1. The molecule has 0 saturated carbocycles. The summed E-state index contributed by atoms with van der Waals surface area (Å²) in [5.41, 5.74) is 0.392. The molecule has 1 amide bonds. The Morgan fingerprint density at radius 1 is 1.00 bits per heavy atom. The van der Waals surface area contributed by atoms with Crippen molar-refractivity contribution < 1.29 is 18.0 Å². The predicted molar refractivity (Wildman–Crippen MR) is 107 cm³/mol. The molecule has 4 aromatic rings. The maximum atomic E-state index is 13.3. The first-order valence-corrected chi connectivity index (χ1v) is 9.64. The molecule has 1 atom stereocenters. The molecule has 2 N–H and O–H groups in total. The zero-order valence-corrected chi connectivity index (χ0v) is 16.0. The van der Waals surface area contributed by atoms with Gasteiger partial charge < -0.3 is 10.3 Å². The van der Waals surface area contributed by atoms with Crippen molar-refractivity contribution in [3.8, 4) is 0 Å². The van der Waals surface area contributed by atoms with Crippen molar-refractivity contribution in [1.29, 1.82) is 0 Å². The van der Waals surface area contributed by atoms with Gasteiger partial charge in [-0.05, 0) is 17.7 Å². The van der Waals surface area contributed by atoms with E-state index in [2.05, 4.69) is 25.3 Å². The number of anilines is 1. The Bertz CT molecular complexity index is 1180. The van der Waals surface area contributed by atoms with Crippen LogP contribution in [0.5, 0.6) is 0 Å². The third-order valence-corrected chi connectivity index (χ3v) is 5.50. The van der Waals surface area contributed by atoms with E-state index in [1.54, 1.807) is 30.3 Å². The molecular weight excluding hydrogens is 415 g/mol. The van der Waals surface area contributed by atoms with E-state index in [9.17, 15) is 18.0 Å². The number of nitrogens with one attached hydrogen (secondary N) is 2. The summed E-state index contributed by atoms with van der Waals surface area (Å²) in [7, 11) is 0. The van der Waals surface area contributed by atoms with Crippen LogP contribution in [0.4, 0.5) is 18.9 Å². The molecular formula is C20H14F3N5OS. The number of hydrogen-bond donors (Lipinski definition) is 2. The van der Waals surface area contributed by atoms with Crippen LogP contribution in [-0.2, 0) is 11.0 Å². The Morgan fingerprint density at radius 2 is 1.73 bits per heavy atom. The summed E-state index contributed by atoms with van der Waals surface area (Å²) in [5.74, 6) is -0.603. The van der Waals surface area contributed by atoms with Crippen LogP contribution in [0, 0.1) is 0 Å². The summed E-state index contributed by atoms with van der Waals surface area (Å²) in [4.78, 5) is 28.3. The van der Waals surface area contributed by atoms with Crippen LogP contribution in [0.3, 0.4) is 0 Å². The number of nitrogens with zero attached hydrogens (tertiary/aromatic N) is 3. The van der Waals surface area contributed by atoms with Crippen LogP contribution in [0.1, 0.15) is 16.4 Å². The van der Waals surface area contributed by atoms with E-state index in [0.29, 0.717) is 21.8 Å². The summed E-state index contributed by atoms with van der Waals surface area (Å²) in [6.45, 7) is 0. The number of rotatable bonds is 5. The summed E-state index contributed by atoms with van der Waals surface area (Å²) >= 11 is 1.10. The minimum atomic E-state index is -4.59. The fourth-order valence-electron chi connectivity index (χ4n) is 2.88. The lowest BCUT2D eigenvalue weighted by Gasteiger charge is -2.19. The van der Waals surface area contributed by atoms with Gasteiger partial charge in [0.25, 0.3) is 0 Å². The average Bonchev–Trinajstić information content (AvgIpc) is 3.22. The number of benzene rings is 2. The smallest absolute Gasteiger partial charge is 0.341 e. The number of halogens is 3. The molecule has 2 heterocycles. The molecule has 0 aliphatic carbocycles. The molecule has 152 valence electrons. The van der Waals surface area contributed by atoms with Crippen LogP contribution >= 0.6 is 11.8 Å². The van der Waals surface area contributed by atoms with Crippen molar-refractivity contribution in [3.05, 3.63) is 78.4 Å². The van der Waals surface area contributed by atoms with E-state index in [1.807, 2.05) is 0 Å².